The van der Waals surface area contributed by atoms with Crippen molar-refractivity contribution in [2.45, 2.75) is 6.18 Å². The Bertz CT molecular complexity index is 344. The van der Waals surface area contributed by atoms with Crippen LogP contribution in [0, 0.1) is 0 Å². The summed E-state index contributed by atoms with van der Waals surface area (Å²) in [6.07, 6.45) is -4.61. The van der Waals surface area contributed by atoms with E-state index < -0.39 is 23.3 Å². The van der Waals surface area contributed by atoms with E-state index in [0.29, 0.717) is 11.3 Å². The zero-order chi connectivity index (χ0) is 10.2. The number of thiophene rings is 1. The van der Waals surface area contributed by atoms with Crippen LogP contribution in [-0.2, 0) is 6.18 Å². The first-order valence-corrected chi connectivity index (χ1v) is 4.58. The molecule has 0 atom stereocenters. The number of hydrogen-bond acceptors (Lipinski definition) is 2. The second-order valence-corrected chi connectivity index (χ2v) is 4.30. The largest absolute Gasteiger partial charge is 0.478 e. The first-order chi connectivity index (χ1) is 5.84. The third kappa shape index (κ3) is 2.02. The molecular weight excluding hydrogens is 273 g/mol. The molecule has 72 valence electrons. The van der Waals surface area contributed by atoms with Crippen LogP contribution >= 0.6 is 27.3 Å². The summed E-state index contributed by atoms with van der Waals surface area (Å²) in [5.74, 6) is -1.58. The molecule has 7 heteroatoms. The van der Waals surface area contributed by atoms with Gasteiger partial charge in [-0.15, -0.1) is 11.3 Å². The van der Waals surface area contributed by atoms with E-state index in [9.17, 15) is 18.0 Å². The van der Waals surface area contributed by atoms with E-state index in [-0.39, 0.29) is 3.79 Å². The van der Waals surface area contributed by atoms with Crippen LogP contribution in [0.25, 0.3) is 0 Å². The Hall–Kier alpha value is -0.560. The predicted molar refractivity (Wildman–Crippen MR) is 44.0 cm³/mol. The Balaban J connectivity index is 3.31. The van der Waals surface area contributed by atoms with Crippen molar-refractivity contribution < 1.29 is 23.1 Å². The summed E-state index contributed by atoms with van der Waals surface area (Å²) in [6, 6.07) is 0. The Labute approximate surface area is 83.1 Å². The van der Waals surface area contributed by atoms with Crippen molar-refractivity contribution in [1.82, 2.24) is 0 Å². The summed E-state index contributed by atoms with van der Waals surface area (Å²) >= 11 is 3.45. The zero-order valence-corrected chi connectivity index (χ0v) is 8.26. The van der Waals surface area contributed by atoms with Crippen molar-refractivity contribution in [2.75, 3.05) is 0 Å². The molecule has 2 nitrogen and oxygen atoms in total. The van der Waals surface area contributed by atoms with E-state index >= 15 is 0 Å². The highest BCUT2D eigenvalue weighted by Crippen LogP contribution is 2.38. The van der Waals surface area contributed by atoms with Gasteiger partial charge in [-0.1, -0.05) is 0 Å². The van der Waals surface area contributed by atoms with Crippen LogP contribution in [0.2, 0.25) is 0 Å². The van der Waals surface area contributed by atoms with Crippen LogP contribution in [0.3, 0.4) is 0 Å². The smallest absolute Gasteiger partial charge is 0.418 e. The van der Waals surface area contributed by atoms with Crippen molar-refractivity contribution in [1.29, 1.82) is 0 Å². The van der Waals surface area contributed by atoms with Crippen LogP contribution in [0.5, 0.6) is 0 Å². The number of carboxylic acid groups (broad SMARTS) is 1. The molecule has 0 aliphatic heterocycles. The summed E-state index contributed by atoms with van der Waals surface area (Å²) in [7, 11) is 0. The highest BCUT2D eigenvalue weighted by Gasteiger charge is 2.37. The summed E-state index contributed by atoms with van der Waals surface area (Å²) in [5, 5.41) is 9.25. The third-order valence-electron chi connectivity index (χ3n) is 1.27. The number of aromatic carboxylic acids is 1. The topological polar surface area (TPSA) is 37.3 Å². The fourth-order valence-corrected chi connectivity index (χ4v) is 2.19. The quantitative estimate of drug-likeness (QED) is 0.854. The zero-order valence-electron chi connectivity index (χ0n) is 5.85. The number of rotatable bonds is 1. The molecule has 0 fully saturated rings. The van der Waals surface area contributed by atoms with Crippen molar-refractivity contribution in [3.8, 4) is 0 Å². The molecule has 0 aliphatic rings. The number of carbonyl (C=O) groups is 1. The number of carboxylic acids is 1. The lowest BCUT2D eigenvalue weighted by atomic mass is 10.2. The molecule has 0 aromatic carbocycles. The van der Waals surface area contributed by atoms with E-state index in [1.54, 1.807) is 0 Å². The van der Waals surface area contributed by atoms with Crippen LogP contribution < -0.4 is 0 Å². The molecule has 0 bridgehead atoms. The minimum Gasteiger partial charge on any atom is -0.478 e. The van der Waals surface area contributed by atoms with Gasteiger partial charge in [0.25, 0.3) is 0 Å². The SMILES string of the molecule is O=C(O)c1c(C(F)(F)F)csc1Br. The monoisotopic (exact) mass is 274 g/mol. The molecule has 0 aliphatic carbocycles. The molecule has 1 rings (SSSR count). The molecule has 1 aromatic rings. The van der Waals surface area contributed by atoms with Crippen molar-refractivity contribution in [3.63, 3.8) is 0 Å². The van der Waals surface area contributed by atoms with Gasteiger partial charge in [0.2, 0.25) is 0 Å². The summed E-state index contributed by atoms with van der Waals surface area (Å²) < 4.78 is 36.4. The molecule has 0 saturated carbocycles. The molecule has 1 heterocycles. The third-order valence-corrected chi connectivity index (χ3v) is 2.99. The second kappa shape index (κ2) is 3.30. The summed E-state index contributed by atoms with van der Waals surface area (Å²) in [5.41, 5.74) is -1.84. The maximum atomic E-state index is 12.1. The van der Waals surface area contributed by atoms with Crippen LogP contribution in [0.15, 0.2) is 9.17 Å². The van der Waals surface area contributed by atoms with Gasteiger partial charge in [-0.05, 0) is 15.9 Å². The van der Waals surface area contributed by atoms with Gasteiger partial charge in [0.05, 0.1) is 14.9 Å². The highest BCUT2D eigenvalue weighted by atomic mass is 79.9. The van der Waals surface area contributed by atoms with Gasteiger partial charge >= 0.3 is 12.1 Å². The summed E-state index contributed by atoms with van der Waals surface area (Å²) in [4.78, 5) is 10.4. The Morgan fingerprint density at radius 3 is 2.38 bits per heavy atom. The average molecular weight is 275 g/mol. The van der Waals surface area contributed by atoms with Gasteiger partial charge in [0.1, 0.15) is 0 Å². The minimum absolute atomic E-state index is 0.0210. The molecule has 0 spiro atoms. The van der Waals surface area contributed by atoms with Gasteiger partial charge in [-0.2, -0.15) is 13.2 Å². The van der Waals surface area contributed by atoms with Crippen molar-refractivity contribution >= 4 is 33.2 Å². The van der Waals surface area contributed by atoms with Crippen molar-refractivity contribution in [3.05, 3.63) is 20.3 Å². The molecule has 13 heavy (non-hydrogen) atoms. The van der Waals surface area contributed by atoms with E-state index in [0.717, 1.165) is 5.38 Å². The molecule has 1 N–H and O–H groups in total. The standard InChI is InChI=1S/C6H2BrF3O2S/c7-4-3(5(11)12)2(1-13-4)6(8,9)10/h1H,(H,11,12). The Morgan fingerprint density at radius 2 is 2.08 bits per heavy atom. The average Bonchev–Trinajstić information content (AvgIpc) is 2.28. The fourth-order valence-electron chi connectivity index (χ4n) is 0.742. The summed E-state index contributed by atoms with van der Waals surface area (Å²) in [6.45, 7) is 0. The second-order valence-electron chi connectivity index (χ2n) is 2.10. The molecule has 0 amide bonds. The molecule has 0 unspecified atom stereocenters. The van der Waals surface area contributed by atoms with Crippen LogP contribution in [-0.4, -0.2) is 11.1 Å². The van der Waals surface area contributed by atoms with Gasteiger partial charge in [-0.25, -0.2) is 4.79 Å². The maximum absolute atomic E-state index is 12.1. The minimum atomic E-state index is -4.61. The van der Waals surface area contributed by atoms with Gasteiger partial charge < -0.3 is 5.11 Å². The lowest BCUT2D eigenvalue weighted by Gasteiger charge is -2.04. The molecule has 0 saturated heterocycles. The number of halogens is 4. The van der Waals surface area contributed by atoms with Crippen LogP contribution in [0.1, 0.15) is 15.9 Å². The van der Waals surface area contributed by atoms with Crippen LogP contribution in [0.4, 0.5) is 13.2 Å². The molecule has 0 radical (unpaired) electrons. The number of hydrogen-bond donors (Lipinski definition) is 1. The normalized spacial score (nSPS) is 11.7. The first-order valence-electron chi connectivity index (χ1n) is 2.91. The van der Waals surface area contributed by atoms with E-state index in [1.165, 1.54) is 0 Å². The van der Waals surface area contributed by atoms with Gasteiger partial charge in [0, 0.05) is 5.38 Å². The van der Waals surface area contributed by atoms with E-state index in [1.807, 2.05) is 0 Å². The lowest BCUT2D eigenvalue weighted by Crippen LogP contribution is -2.10. The van der Waals surface area contributed by atoms with E-state index in [4.69, 9.17) is 5.11 Å². The van der Waals surface area contributed by atoms with E-state index in [2.05, 4.69) is 15.9 Å². The predicted octanol–water partition coefficient (Wildman–Crippen LogP) is 3.23. The Kier molecular flexibility index (Phi) is 2.67. The van der Waals surface area contributed by atoms with Crippen molar-refractivity contribution in [2.24, 2.45) is 0 Å². The number of alkyl halides is 3. The fraction of sp³-hybridized carbons (Fsp3) is 0.167. The lowest BCUT2D eigenvalue weighted by molar-refractivity contribution is -0.137. The Morgan fingerprint density at radius 1 is 1.54 bits per heavy atom. The highest BCUT2D eigenvalue weighted by molar-refractivity contribution is 9.11. The van der Waals surface area contributed by atoms with Gasteiger partial charge in [-0.3, -0.25) is 0 Å². The molecule has 1 aromatic heterocycles. The van der Waals surface area contributed by atoms with Gasteiger partial charge in [0.15, 0.2) is 0 Å². The molecular formula is C6H2BrF3O2S. The maximum Gasteiger partial charge on any atom is 0.418 e. The first kappa shape index (κ1) is 10.5.